The van der Waals surface area contributed by atoms with Crippen molar-refractivity contribution in [2.75, 3.05) is 10.8 Å². The molecule has 0 saturated carbocycles. The number of hydrogen-bond donors (Lipinski definition) is 1. The van der Waals surface area contributed by atoms with Crippen LogP contribution in [-0.2, 0) is 32.6 Å². The van der Waals surface area contributed by atoms with Crippen LogP contribution in [0.4, 0.5) is 5.69 Å². The van der Waals surface area contributed by atoms with Crippen molar-refractivity contribution >= 4 is 61.7 Å². The van der Waals surface area contributed by atoms with Crippen molar-refractivity contribution < 1.29 is 18.0 Å². The topological polar surface area (TPSA) is 86.8 Å². The first-order valence-electron chi connectivity index (χ1n) is 13.8. The van der Waals surface area contributed by atoms with E-state index in [0.29, 0.717) is 16.3 Å². The molecule has 0 aliphatic heterocycles. The number of carbonyl (C=O) groups excluding carboxylic acids is 2. The predicted molar refractivity (Wildman–Crippen MR) is 179 cm³/mol. The first-order valence-corrected chi connectivity index (χ1v) is 16.7. The summed E-state index contributed by atoms with van der Waals surface area (Å²) in [7, 11) is -4.14. The molecule has 2 amide bonds. The van der Waals surface area contributed by atoms with Crippen LogP contribution in [0.1, 0.15) is 25.0 Å². The number of hydrogen-bond acceptors (Lipinski definition) is 4. The van der Waals surface area contributed by atoms with Crippen molar-refractivity contribution in [1.29, 1.82) is 0 Å². The summed E-state index contributed by atoms with van der Waals surface area (Å²) in [4.78, 5) is 29.6. The fraction of sp³-hybridized carbons (Fsp3) is 0.212. The number of halogens is 2. The molecule has 0 spiro atoms. The van der Waals surface area contributed by atoms with E-state index in [4.69, 9.17) is 11.6 Å². The van der Waals surface area contributed by atoms with E-state index in [9.17, 15) is 18.0 Å². The molecule has 224 valence electrons. The van der Waals surface area contributed by atoms with Gasteiger partial charge < -0.3 is 10.2 Å². The van der Waals surface area contributed by atoms with Gasteiger partial charge in [0.15, 0.2) is 0 Å². The molecule has 0 aliphatic carbocycles. The number of amides is 2. The third-order valence-electron chi connectivity index (χ3n) is 6.73. The Morgan fingerprint density at radius 3 is 2.02 bits per heavy atom. The molecule has 0 aromatic heterocycles. The van der Waals surface area contributed by atoms with Crippen molar-refractivity contribution in [1.82, 2.24) is 10.2 Å². The van der Waals surface area contributed by atoms with Crippen LogP contribution in [0.5, 0.6) is 0 Å². The highest BCUT2D eigenvalue weighted by atomic mass is 127. The Morgan fingerprint density at radius 1 is 0.837 bits per heavy atom. The summed E-state index contributed by atoms with van der Waals surface area (Å²) in [5.74, 6) is -0.885. The monoisotopic (exact) mass is 729 g/mol. The van der Waals surface area contributed by atoms with Gasteiger partial charge in [0.2, 0.25) is 11.8 Å². The molecule has 0 fully saturated rings. The van der Waals surface area contributed by atoms with Crippen LogP contribution in [0.15, 0.2) is 114 Å². The van der Waals surface area contributed by atoms with E-state index < -0.39 is 28.5 Å². The standard InChI is InChI=1S/C33H33ClIN3O4S/c1-24(2)36-33(40)31(21-25-11-5-3-6-12-25)37(22-26-13-9-10-16-30(26)34)32(39)23-38(28-19-17-27(35)18-20-28)43(41,42)29-14-7-4-8-15-29/h3-20,24,31H,21-23H2,1-2H3,(H,36,40)/t31-/m1/s1. The minimum Gasteiger partial charge on any atom is -0.352 e. The Balaban J connectivity index is 1.80. The molecule has 10 heteroatoms. The SMILES string of the molecule is CC(C)NC(=O)[C@@H](Cc1ccccc1)N(Cc1ccccc1Cl)C(=O)CN(c1ccc(I)cc1)S(=O)(=O)c1ccccc1. The lowest BCUT2D eigenvalue weighted by Crippen LogP contribution is -2.54. The summed E-state index contributed by atoms with van der Waals surface area (Å²) in [6.07, 6.45) is 0.227. The quantitative estimate of drug-likeness (QED) is 0.174. The average molecular weight is 730 g/mol. The Morgan fingerprint density at radius 2 is 1.42 bits per heavy atom. The van der Waals surface area contributed by atoms with Crippen molar-refractivity contribution in [3.63, 3.8) is 0 Å². The summed E-state index contributed by atoms with van der Waals surface area (Å²) in [6, 6.07) is 30.3. The lowest BCUT2D eigenvalue weighted by Gasteiger charge is -2.34. The molecule has 4 aromatic carbocycles. The first kappa shape index (κ1) is 32.5. The van der Waals surface area contributed by atoms with E-state index in [2.05, 4.69) is 27.9 Å². The van der Waals surface area contributed by atoms with Crippen LogP contribution in [0.2, 0.25) is 5.02 Å². The maximum Gasteiger partial charge on any atom is 0.264 e. The van der Waals surface area contributed by atoms with E-state index in [1.807, 2.05) is 50.2 Å². The van der Waals surface area contributed by atoms with Gasteiger partial charge in [-0.05, 0) is 90.0 Å². The van der Waals surface area contributed by atoms with E-state index in [1.165, 1.54) is 17.0 Å². The number of nitrogens with zero attached hydrogens (tertiary/aromatic N) is 2. The van der Waals surface area contributed by atoms with Crippen LogP contribution in [0.3, 0.4) is 0 Å². The maximum absolute atomic E-state index is 14.4. The predicted octanol–water partition coefficient (Wildman–Crippen LogP) is 6.30. The average Bonchev–Trinajstić information content (AvgIpc) is 2.99. The lowest BCUT2D eigenvalue weighted by atomic mass is 10.0. The highest BCUT2D eigenvalue weighted by Crippen LogP contribution is 2.26. The lowest BCUT2D eigenvalue weighted by molar-refractivity contribution is -0.140. The molecule has 0 radical (unpaired) electrons. The minimum absolute atomic E-state index is 0.00738. The van der Waals surface area contributed by atoms with Crippen LogP contribution in [-0.4, -0.2) is 43.8 Å². The minimum atomic E-state index is -4.14. The van der Waals surface area contributed by atoms with Crippen molar-refractivity contribution in [3.8, 4) is 0 Å². The second-order valence-electron chi connectivity index (χ2n) is 10.3. The number of anilines is 1. The Hall–Kier alpha value is -3.41. The molecule has 7 nitrogen and oxygen atoms in total. The summed E-state index contributed by atoms with van der Waals surface area (Å²) < 4.78 is 30.0. The molecule has 43 heavy (non-hydrogen) atoms. The molecule has 0 heterocycles. The smallest absolute Gasteiger partial charge is 0.264 e. The van der Waals surface area contributed by atoms with Gasteiger partial charge in [0.05, 0.1) is 10.6 Å². The molecule has 0 aliphatic rings. The molecule has 0 bridgehead atoms. The Bertz CT molecular complexity index is 1640. The van der Waals surface area contributed by atoms with Crippen LogP contribution < -0.4 is 9.62 Å². The van der Waals surface area contributed by atoms with Gasteiger partial charge in [-0.1, -0.05) is 78.3 Å². The molecule has 4 rings (SSSR count). The van der Waals surface area contributed by atoms with Gasteiger partial charge in [0.1, 0.15) is 12.6 Å². The van der Waals surface area contributed by atoms with E-state index >= 15 is 0 Å². The zero-order valence-electron chi connectivity index (χ0n) is 23.9. The van der Waals surface area contributed by atoms with E-state index in [1.54, 1.807) is 60.7 Å². The fourth-order valence-electron chi connectivity index (χ4n) is 4.60. The zero-order chi connectivity index (χ0) is 31.0. The summed E-state index contributed by atoms with van der Waals surface area (Å²) in [5.41, 5.74) is 1.83. The van der Waals surface area contributed by atoms with Gasteiger partial charge in [-0.3, -0.25) is 13.9 Å². The van der Waals surface area contributed by atoms with Gasteiger partial charge in [0.25, 0.3) is 10.0 Å². The van der Waals surface area contributed by atoms with Crippen LogP contribution in [0.25, 0.3) is 0 Å². The Kier molecular flexibility index (Phi) is 11.2. The number of rotatable bonds is 12. The second kappa shape index (κ2) is 14.9. The Labute approximate surface area is 272 Å². The summed E-state index contributed by atoms with van der Waals surface area (Å²) >= 11 is 8.66. The highest BCUT2D eigenvalue weighted by Gasteiger charge is 2.35. The first-order chi connectivity index (χ1) is 20.6. The largest absolute Gasteiger partial charge is 0.352 e. The number of sulfonamides is 1. The fourth-order valence-corrected chi connectivity index (χ4v) is 6.59. The van der Waals surface area contributed by atoms with Crippen molar-refractivity contribution in [2.24, 2.45) is 0 Å². The van der Waals surface area contributed by atoms with Gasteiger partial charge in [-0.2, -0.15) is 0 Å². The maximum atomic E-state index is 14.4. The second-order valence-corrected chi connectivity index (χ2v) is 13.8. The normalized spacial score (nSPS) is 12.0. The molecular formula is C33H33ClIN3O4S. The van der Waals surface area contributed by atoms with Gasteiger partial charge >= 0.3 is 0 Å². The third kappa shape index (κ3) is 8.58. The molecule has 0 unspecified atom stereocenters. The van der Waals surface area contributed by atoms with Gasteiger partial charge in [-0.25, -0.2) is 8.42 Å². The third-order valence-corrected chi connectivity index (χ3v) is 9.60. The summed E-state index contributed by atoms with van der Waals surface area (Å²) in [6.45, 7) is 3.18. The molecular weight excluding hydrogens is 697 g/mol. The number of benzene rings is 4. The van der Waals surface area contributed by atoms with Crippen LogP contribution >= 0.6 is 34.2 Å². The van der Waals surface area contributed by atoms with Gasteiger partial charge in [-0.15, -0.1) is 0 Å². The van der Waals surface area contributed by atoms with Gasteiger partial charge in [0, 0.05) is 27.6 Å². The number of nitrogens with one attached hydrogen (secondary N) is 1. The zero-order valence-corrected chi connectivity index (χ0v) is 27.6. The highest BCUT2D eigenvalue weighted by molar-refractivity contribution is 14.1. The van der Waals surface area contributed by atoms with E-state index in [-0.39, 0.29) is 29.8 Å². The molecule has 0 saturated heterocycles. The molecule has 1 N–H and O–H groups in total. The molecule has 1 atom stereocenters. The van der Waals surface area contributed by atoms with Crippen molar-refractivity contribution in [3.05, 3.63) is 129 Å². The number of carbonyl (C=O) groups is 2. The van der Waals surface area contributed by atoms with E-state index in [0.717, 1.165) is 13.4 Å². The summed E-state index contributed by atoms with van der Waals surface area (Å²) in [5, 5.41) is 3.39. The molecule has 4 aromatic rings. The van der Waals surface area contributed by atoms with Crippen LogP contribution in [0, 0.1) is 3.57 Å². The van der Waals surface area contributed by atoms with Crippen molar-refractivity contribution in [2.45, 2.75) is 43.8 Å².